The van der Waals surface area contributed by atoms with Crippen molar-refractivity contribution in [3.05, 3.63) is 53.1 Å². The summed E-state index contributed by atoms with van der Waals surface area (Å²) in [6.07, 6.45) is 1.54. The van der Waals surface area contributed by atoms with Gasteiger partial charge in [0.05, 0.1) is 11.1 Å². The van der Waals surface area contributed by atoms with Crippen LogP contribution >= 0.6 is 11.6 Å². The maximum Gasteiger partial charge on any atom is 0.338 e. The van der Waals surface area contributed by atoms with Gasteiger partial charge in [-0.25, -0.2) is 9.78 Å². The molecule has 0 fully saturated rings. The van der Waals surface area contributed by atoms with Gasteiger partial charge in [-0.05, 0) is 30.7 Å². The van der Waals surface area contributed by atoms with E-state index < -0.39 is 5.97 Å². The van der Waals surface area contributed by atoms with Crippen LogP contribution in [0.15, 0.2) is 36.5 Å². The Morgan fingerprint density at radius 3 is 2.75 bits per heavy atom. The van der Waals surface area contributed by atoms with Crippen LogP contribution in [0.2, 0.25) is 5.28 Å². The zero-order valence-corrected chi connectivity index (χ0v) is 11.3. The molecule has 0 atom stereocenters. The standard InChI is InChI=1S/C14H10ClN3O2/c1-8-12(13(19)20)9-4-2-3-5-10(9)18(8)11-6-7-16-14(15)17-11/h2-7H,1H3,(H,19,20). The summed E-state index contributed by atoms with van der Waals surface area (Å²) in [7, 11) is 0. The molecule has 1 aromatic carbocycles. The first-order valence-corrected chi connectivity index (χ1v) is 6.29. The Kier molecular flexibility index (Phi) is 2.91. The van der Waals surface area contributed by atoms with E-state index in [0.717, 1.165) is 5.52 Å². The minimum absolute atomic E-state index is 0.122. The summed E-state index contributed by atoms with van der Waals surface area (Å²) in [5.41, 5.74) is 1.65. The van der Waals surface area contributed by atoms with Gasteiger partial charge in [0, 0.05) is 17.3 Å². The SMILES string of the molecule is Cc1c(C(=O)O)c2ccccc2n1-c1ccnc(Cl)n1. The fraction of sp³-hybridized carbons (Fsp3) is 0.0714. The number of rotatable bonds is 2. The number of aromatic nitrogens is 3. The minimum atomic E-state index is -0.961. The van der Waals surface area contributed by atoms with E-state index in [1.807, 2.05) is 18.2 Å². The van der Waals surface area contributed by atoms with E-state index in [1.165, 1.54) is 0 Å². The van der Waals surface area contributed by atoms with Crippen LogP contribution in [-0.4, -0.2) is 25.6 Å². The van der Waals surface area contributed by atoms with Crippen molar-refractivity contribution in [2.45, 2.75) is 6.92 Å². The molecule has 0 spiro atoms. The summed E-state index contributed by atoms with van der Waals surface area (Å²) in [5.74, 6) is -0.413. The Morgan fingerprint density at radius 2 is 2.05 bits per heavy atom. The van der Waals surface area contributed by atoms with Crippen molar-refractivity contribution in [1.29, 1.82) is 0 Å². The molecule has 3 rings (SSSR count). The molecule has 1 N–H and O–H groups in total. The van der Waals surface area contributed by atoms with Crippen LogP contribution in [0.4, 0.5) is 0 Å². The number of carboxylic acids is 1. The number of hydrogen-bond acceptors (Lipinski definition) is 3. The average molecular weight is 288 g/mol. The van der Waals surface area contributed by atoms with E-state index in [1.54, 1.807) is 29.8 Å². The molecule has 0 aliphatic heterocycles. The molecule has 2 aromatic heterocycles. The van der Waals surface area contributed by atoms with Crippen molar-refractivity contribution in [1.82, 2.24) is 14.5 Å². The van der Waals surface area contributed by atoms with Gasteiger partial charge in [0.25, 0.3) is 0 Å². The number of aromatic carboxylic acids is 1. The number of fused-ring (bicyclic) bond motifs is 1. The predicted octanol–water partition coefficient (Wildman–Crippen LogP) is 3.08. The van der Waals surface area contributed by atoms with Gasteiger partial charge in [0.1, 0.15) is 5.82 Å². The van der Waals surface area contributed by atoms with Gasteiger partial charge in [-0.3, -0.25) is 4.57 Å². The molecule has 20 heavy (non-hydrogen) atoms. The molecule has 0 radical (unpaired) electrons. The molecule has 0 saturated heterocycles. The normalized spacial score (nSPS) is 10.9. The summed E-state index contributed by atoms with van der Waals surface area (Å²) in [5, 5.41) is 10.2. The highest BCUT2D eigenvalue weighted by Crippen LogP contribution is 2.28. The van der Waals surface area contributed by atoms with E-state index in [-0.39, 0.29) is 10.8 Å². The highest BCUT2D eigenvalue weighted by atomic mass is 35.5. The van der Waals surface area contributed by atoms with Crippen LogP contribution in [0.1, 0.15) is 16.1 Å². The maximum absolute atomic E-state index is 11.5. The number of halogens is 1. The van der Waals surface area contributed by atoms with Crippen LogP contribution in [0.3, 0.4) is 0 Å². The monoisotopic (exact) mass is 287 g/mol. The Labute approximate surface area is 119 Å². The van der Waals surface area contributed by atoms with Crippen LogP contribution in [0.25, 0.3) is 16.7 Å². The van der Waals surface area contributed by atoms with Gasteiger partial charge in [0.15, 0.2) is 0 Å². The molecule has 6 heteroatoms. The topological polar surface area (TPSA) is 68.0 Å². The summed E-state index contributed by atoms with van der Waals surface area (Å²) in [4.78, 5) is 19.5. The Morgan fingerprint density at radius 1 is 1.30 bits per heavy atom. The smallest absolute Gasteiger partial charge is 0.338 e. The first-order valence-electron chi connectivity index (χ1n) is 5.92. The third kappa shape index (κ3) is 1.83. The molecular formula is C14H10ClN3O2. The van der Waals surface area contributed by atoms with Gasteiger partial charge in [-0.2, -0.15) is 4.98 Å². The summed E-state index contributed by atoms with van der Waals surface area (Å²) >= 11 is 5.82. The molecule has 0 saturated carbocycles. The quantitative estimate of drug-likeness (QED) is 0.736. The minimum Gasteiger partial charge on any atom is -0.478 e. The van der Waals surface area contributed by atoms with Crippen LogP contribution in [0.5, 0.6) is 0 Å². The molecule has 0 amide bonds. The molecule has 3 aromatic rings. The third-order valence-electron chi connectivity index (χ3n) is 3.17. The predicted molar refractivity (Wildman–Crippen MR) is 75.6 cm³/mol. The van der Waals surface area contributed by atoms with E-state index in [2.05, 4.69) is 9.97 Å². The largest absolute Gasteiger partial charge is 0.478 e. The van der Waals surface area contributed by atoms with E-state index >= 15 is 0 Å². The summed E-state index contributed by atoms with van der Waals surface area (Å²) in [6.45, 7) is 1.75. The lowest BCUT2D eigenvalue weighted by Gasteiger charge is -2.07. The highest BCUT2D eigenvalue weighted by molar-refractivity contribution is 6.28. The van der Waals surface area contributed by atoms with E-state index in [9.17, 15) is 9.90 Å². The Bertz CT molecular complexity index is 826. The fourth-order valence-electron chi connectivity index (χ4n) is 2.38. The molecule has 100 valence electrons. The molecular weight excluding hydrogens is 278 g/mol. The van der Waals surface area contributed by atoms with Crippen molar-refractivity contribution in [2.24, 2.45) is 0 Å². The van der Waals surface area contributed by atoms with Gasteiger partial charge in [-0.15, -0.1) is 0 Å². The molecule has 0 bridgehead atoms. The van der Waals surface area contributed by atoms with Crippen LogP contribution < -0.4 is 0 Å². The molecule has 2 heterocycles. The number of carboxylic acid groups (broad SMARTS) is 1. The van der Waals surface area contributed by atoms with Gasteiger partial charge >= 0.3 is 5.97 Å². The number of benzene rings is 1. The second-order valence-corrected chi connectivity index (χ2v) is 4.64. The maximum atomic E-state index is 11.5. The van der Waals surface area contributed by atoms with Gasteiger partial charge in [0.2, 0.25) is 5.28 Å². The van der Waals surface area contributed by atoms with Crippen molar-refractivity contribution in [3.8, 4) is 5.82 Å². The first kappa shape index (κ1) is 12.6. The van der Waals surface area contributed by atoms with Crippen LogP contribution in [-0.2, 0) is 0 Å². The third-order valence-corrected chi connectivity index (χ3v) is 3.35. The highest BCUT2D eigenvalue weighted by Gasteiger charge is 2.20. The van der Waals surface area contributed by atoms with E-state index in [4.69, 9.17) is 11.6 Å². The van der Waals surface area contributed by atoms with Crippen molar-refractivity contribution in [3.63, 3.8) is 0 Å². The van der Waals surface area contributed by atoms with Crippen molar-refractivity contribution in [2.75, 3.05) is 0 Å². The summed E-state index contributed by atoms with van der Waals surface area (Å²) in [6, 6.07) is 8.99. The Hall–Kier alpha value is -2.40. The number of hydrogen-bond donors (Lipinski definition) is 1. The van der Waals surface area contributed by atoms with Crippen molar-refractivity contribution >= 4 is 28.5 Å². The van der Waals surface area contributed by atoms with Crippen molar-refractivity contribution < 1.29 is 9.90 Å². The second kappa shape index (κ2) is 4.61. The number of nitrogens with zero attached hydrogens (tertiary/aromatic N) is 3. The summed E-state index contributed by atoms with van der Waals surface area (Å²) < 4.78 is 1.77. The molecule has 0 aliphatic rings. The van der Waals surface area contributed by atoms with E-state index in [0.29, 0.717) is 16.9 Å². The van der Waals surface area contributed by atoms with Gasteiger partial charge in [-0.1, -0.05) is 18.2 Å². The number of carbonyl (C=O) groups is 1. The Balaban J connectivity index is 2.42. The first-order chi connectivity index (χ1) is 9.59. The zero-order chi connectivity index (χ0) is 14.3. The average Bonchev–Trinajstić information content (AvgIpc) is 2.70. The van der Waals surface area contributed by atoms with Crippen LogP contribution in [0, 0.1) is 6.92 Å². The number of para-hydroxylation sites is 1. The lowest BCUT2D eigenvalue weighted by atomic mass is 10.1. The molecule has 5 nitrogen and oxygen atoms in total. The lowest BCUT2D eigenvalue weighted by molar-refractivity contribution is 0.0698. The fourth-order valence-corrected chi connectivity index (χ4v) is 2.53. The molecule has 0 aliphatic carbocycles. The molecule has 0 unspecified atom stereocenters. The lowest BCUT2D eigenvalue weighted by Crippen LogP contribution is -2.03. The zero-order valence-electron chi connectivity index (χ0n) is 10.5. The van der Waals surface area contributed by atoms with Gasteiger partial charge < -0.3 is 5.11 Å². The second-order valence-electron chi connectivity index (χ2n) is 4.30.